The van der Waals surface area contributed by atoms with E-state index in [-0.39, 0.29) is 10.6 Å². The molecule has 0 saturated carbocycles. The van der Waals surface area contributed by atoms with Crippen LogP contribution in [0.1, 0.15) is 5.69 Å². The molecule has 0 spiro atoms. The average molecular weight is 403 g/mol. The van der Waals surface area contributed by atoms with Crippen molar-refractivity contribution < 1.29 is 22.6 Å². The topological polar surface area (TPSA) is 91.7 Å². The van der Waals surface area contributed by atoms with E-state index in [2.05, 4.69) is 9.82 Å². The van der Waals surface area contributed by atoms with Gasteiger partial charge in [0.25, 0.3) is 10.0 Å². The minimum absolute atomic E-state index is 0.0742. The molecule has 0 amide bonds. The van der Waals surface area contributed by atoms with Crippen LogP contribution in [0.3, 0.4) is 0 Å². The molecule has 9 heteroatoms. The number of aryl methyl sites for hydroxylation is 1. The number of nitrogens with zero attached hydrogens (tertiary/aromatic N) is 2. The molecule has 0 aliphatic carbocycles. The first-order chi connectivity index (χ1) is 13.4. The number of rotatable bonds is 7. The van der Waals surface area contributed by atoms with Crippen molar-refractivity contribution in [3.05, 3.63) is 54.4 Å². The first kappa shape index (κ1) is 19.6. The molecule has 1 heterocycles. The van der Waals surface area contributed by atoms with Gasteiger partial charge < -0.3 is 14.2 Å². The molecule has 2 aromatic carbocycles. The van der Waals surface area contributed by atoms with Gasteiger partial charge in [-0.25, -0.2) is 13.1 Å². The first-order valence-electron chi connectivity index (χ1n) is 8.34. The van der Waals surface area contributed by atoms with E-state index >= 15 is 0 Å². The Hall–Kier alpha value is -3.20. The van der Waals surface area contributed by atoms with Gasteiger partial charge in [0.1, 0.15) is 4.90 Å². The summed E-state index contributed by atoms with van der Waals surface area (Å²) in [5.41, 5.74) is 1.42. The molecule has 0 bridgehead atoms. The van der Waals surface area contributed by atoms with Crippen molar-refractivity contribution in [3.8, 4) is 22.9 Å². The smallest absolute Gasteiger partial charge is 0.265 e. The Kier molecular flexibility index (Phi) is 5.46. The van der Waals surface area contributed by atoms with E-state index in [1.807, 2.05) is 30.3 Å². The third kappa shape index (κ3) is 3.74. The third-order valence-electron chi connectivity index (χ3n) is 4.08. The lowest BCUT2D eigenvalue weighted by Crippen LogP contribution is -2.13. The molecule has 0 aliphatic rings. The van der Waals surface area contributed by atoms with Crippen LogP contribution in [0.2, 0.25) is 0 Å². The van der Waals surface area contributed by atoms with Gasteiger partial charge >= 0.3 is 0 Å². The minimum atomic E-state index is -3.89. The summed E-state index contributed by atoms with van der Waals surface area (Å²) in [4.78, 5) is 0.0742. The van der Waals surface area contributed by atoms with Crippen LogP contribution in [0.4, 0.5) is 5.69 Å². The first-order valence-corrected chi connectivity index (χ1v) is 9.82. The highest BCUT2D eigenvalue weighted by Gasteiger charge is 2.23. The molecule has 0 atom stereocenters. The molecule has 148 valence electrons. The molecule has 0 radical (unpaired) electrons. The maximum Gasteiger partial charge on any atom is 0.265 e. The third-order valence-corrected chi connectivity index (χ3v) is 5.57. The average Bonchev–Trinajstić information content (AvgIpc) is 3.10. The van der Waals surface area contributed by atoms with Crippen molar-refractivity contribution in [2.24, 2.45) is 0 Å². The molecule has 3 aromatic rings. The van der Waals surface area contributed by atoms with Gasteiger partial charge in [-0.05, 0) is 19.1 Å². The lowest BCUT2D eigenvalue weighted by molar-refractivity contribution is 0.325. The summed E-state index contributed by atoms with van der Waals surface area (Å²) in [5.74, 6) is 1.06. The van der Waals surface area contributed by atoms with E-state index in [4.69, 9.17) is 14.2 Å². The van der Waals surface area contributed by atoms with Gasteiger partial charge in [-0.2, -0.15) is 5.10 Å². The predicted molar refractivity (Wildman–Crippen MR) is 105 cm³/mol. The van der Waals surface area contributed by atoms with E-state index in [0.717, 1.165) is 5.69 Å². The summed E-state index contributed by atoms with van der Waals surface area (Å²) in [7, 11) is 0.516. The Morgan fingerprint density at radius 3 is 2.11 bits per heavy atom. The number of hydrogen-bond donors (Lipinski definition) is 1. The lowest BCUT2D eigenvalue weighted by atomic mass is 10.2. The second kappa shape index (κ2) is 7.81. The standard InChI is InChI=1S/C19H21N3O5S/c1-13-18(12-22(20-13)15-8-6-5-7-9-15)28(23,24)21-14-10-16(25-2)19(27-4)17(11-14)26-3/h5-12,21H,1-4H3. The summed E-state index contributed by atoms with van der Waals surface area (Å²) >= 11 is 0. The molecule has 1 N–H and O–H groups in total. The summed E-state index contributed by atoms with van der Waals surface area (Å²) < 4.78 is 45.8. The molecule has 0 unspecified atom stereocenters. The fraction of sp³-hybridized carbons (Fsp3) is 0.211. The fourth-order valence-electron chi connectivity index (χ4n) is 2.77. The number of anilines is 1. The molecule has 0 aliphatic heterocycles. The van der Waals surface area contributed by atoms with Crippen molar-refractivity contribution in [1.29, 1.82) is 0 Å². The zero-order valence-electron chi connectivity index (χ0n) is 16.0. The fourth-order valence-corrected chi connectivity index (χ4v) is 3.98. The summed E-state index contributed by atoms with van der Waals surface area (Å²) in [5, 5.41) is 4.31. The highest BCUT2D eigenvalue weighted by Crippen LogP contribution is 2.40. The number of benzene rings is 2. The molecular formula is C19H21N3O5S. The summed E-state index contributed by atoms with van der Waals surface area (Å²) in [6.45, 7) is 1.64. The number of para-hydroxylation sites is 1. The van der Waals surface area contributed by atoms with Crippen molar-refractivity contribution in [2.75, 3.05) is 26.1 Å². The second-order valence-electron chi connectivity index (χ2n) is 5.88. The number of hydrogen-bond acceptors (Lipinski definition) is 6. The Balaban J connectivity index is 1.98. The number of nitrogens with one attached hydrogen (secondary N) is 1. The highest BCUT2D eigenvalue weighted by molar-refractivity contribution is 7.92. The number of aromatic nitrogens is 2. The van der Waals surface area contributed by atoms with E-state index in [1.54, 1.807) is 6.92 Å². The minimum Gasteiger partial charge on any atom is -0.493 e. The summed E-state index contributed by atoms with van der Waals surface area (Å²) in [6.07, 6.45) is 1.48. The van der Waals surface area contributed by atoms with Gasteiger partial charge in [-0.1, -0.05) is 18.2 Å². The van der Waals surface area contributed by atoms with Crippen LogP contribution >= 0.6 is 0 Å². The predicted octanol–water partition coefficient (Wildman–Crippen LogP) is 3.01. The Morgan fingerprint density at radius 2 is 1.57 bits per heavy atom. The second-order valence-corrected chi connectivity index (χ2v) is 7.53. The molecule has 28 heavy (non-hydrogen) atoms. The van der Waals surface area contributed by atoms with Crippen LogP contribution in [0.25, 0.3) is 5.69 Å². The van der Waals surface area contributed by atoms with Crippen LogP contribution in [-0.4, -0.2) is 39.5 Å². The number of sulfonamides is 1. The molecular weight excluding hydrogens is 382 g/mol. The number of methoxy groups -OCH3 is 3. The maximum absolute atomic E-state index is 12.9. The van der Waals surface area contributed by atoms with Crippen molar-refractivity contribution in [2.45, 2.75) is 11.8 Å². The Labute approximate surface area is 163 Å². The Morgan fingerprint density at radius 1 is 0.964 bits per heavy atom. The molecule has 0 fully saturated rings. The molecule has 8 nitrogen and oxygen atoms in total. The normalized spacial score (nSPS) is 11.1. The van der Waals surface area contributed by atoms with Crippen molar-refractivity contribution in [3.63, 3.8) is 0 Å². The van der Waals surface area contributed by atoms with Crippen LogP contribution in [0.15, 0.2) is 53.6 Å². The Bertz CT molecular complexity index is 1050. The summed E-state index contributed by atoms with van der Waals surface area (Å²) in [6, 6.07) is 12.3. The van der Waals surface area contributed by atoms with Gasteiger partial charge in [-0.3, -0.25) is 4.72 Å². The van der Waals surface area contributed by atoms with Crippen molar-refractivity contribution >= 4 is 15.7 Å². The van der Waals surface area contributed by atoms with Crippen molar-refractivity contribution in [1.82, 2.24) is 9.78 Å². The van der Waals surface area contributed by atoms with Crippen LogP contribution in [-0.2, 0) is 10.0 Å². The van der Waals surface area contributed by atoms with Crippen LogP contribution < -0.4 is 18.9 Å². The molecule has 0 saturated heterocycles. The van der Waals surface area contributed by atoms with Gasteiger partial charge in [0.2, 0.25) is 5.75 Å². The zero-order chi connectivity index (χ0) is 20.3. The monoisotopic (exact) mass is 403 g/mol. The van der Waals surface area contributed by atoms with E-state index in [0.29, 0.717) is 22.9 Å². The van der Waals surface area contributed by atoms with Gasteiger partial charge in [0.15, 0.2) is 11.5 Å². The van der Waals surface area contributed by atoms with E-state index in [1.165, 1.54) is 44.3 Å². The van der Waals surface area contributed by atoms with E-state index < -0.39 is 10.0 Å². The number of ether oxygens (including phenoxy) is 3. The van der Waals surface area contributed by atoms with Gasteiger partial charge in [0.05, 0.1) is 44.6 Å². The molecule has 1 aromatic heterocycles. The maximum atomic E-state index is 12.9. The van der Waals surface area contributed by atoms with E-state index in [9.17, 15) is 8.42 Å². The SMILES string of the molecule is COc1cc(NS(=O)(=O)c2cn(-c3ccccc3)nc2C)cc(OC)c1OC. The molecule has 3 rings (SSSR count). The highest BCUT2D eigenvalue weighted by atomic mass is 32.2. The quantitative estimate of drug-likeness (QED) is 0.652. The van der Waals surface area contributed by atoms with Crippen LogP contribution in [0.5, 0.6) is 17.2 Å². The lowest BCUT2D eigenvalue weighted by Gasteiger charge is -2.15. The largest absolute Gasteiger partial charge is 0.493 e. The van der Waals surface area contributed by atoms with Crippen LogP contribution in [0, 0.1) is 6.92 Å². The van der Waals surface area contributed by atoms with Gasteiger partial charge in [0, 0.05) is 12.1 Å². The zero-order valence-corrected chi connectivity index (χ0v) is 16.8. The van der Waals surface area contributed by atoms with Gasteiger partial charge in [-0.15, -0.1) is 0 Å².